The van der Waals surface area contributed by atoms with Crippen molar-refractivity contribution in [3.8, 4) is 0 Å². The largest absolute Gasteiger partial charge is 0.352 e. The van der Waals surface area contributed by atoms with Crippen LogP contribution in [0.1, 0.15) is 43.2 Å². The zero-order valence-corrected chi connectivity index (χ0v) is 22.0. The van der Waals surface area contributed by atoms with Gasteiger partial charge in [0.25, 0.3) is 0 Å². The molecule has 0 aliphatic heterocycles. The van der Waals surface area contributed by atoms with Gasteiger partial charge in [0.15, 0.2) is 0 Å². The number of hydrogen-bond donors (Lipinski definition) is 1. The van der Waals surface area contributed by atoms with Gasteiger partial charge >= 0.3 is 0 Å². The summed E-state index contributed by atoms with van der Waals surface area (Å²) in [6.07, 6.45) is 5.09. The fourth-order valence-electron chi connectivity index (χ4n) is 4.67. The van der Waals surface area contributed by atoms with Crippen LogP contribution in [0.15, 0.2) is 89.8 Å². The Labute approximate surface area is 223 Å². The monoisotopic (exact) mass is 520 g/mol. The summed E-state index contributed by atoms with van der Waals surface area (Å²) in [6, 6.07) is 27.1. The van der Waals surface area contributed by atoms with Gasteiger partial charge < -0.3 is 10.2 Å². The number of carbonyl (C=O) groups is 2. The topological polar surface area (TPSA) is 49.4 Å². The third-order valence-corrected chi connectivity index (χ3v) is 7.79. The fraction of sp³-hybridized carbons (Fsp3) is 0.333. The molecule has 0 aromatic heterocycles. The van der Waals surface area contributed by atoms with Crippen molar-refractivity contribution in [1.82, 2.24) is 10.2 Å². The lowest BCUT2D eigenvalue weighted by atomic mass is 10.0. The van der Waals surface area contributed by atoms with E-state index >= 15 is 0 Å². The average molecular weight is 521 g/mol. The molecule has 0 unspecified atom stereocenters. The lowest BCUT2D eigenvalue weighted by molar-refractivity contribution is -0.141. The van der Waals surface area contributed by atoms with Crippen molar-refractivity contribution in [1.29, 1.82) is 0 Å². The van der Waals surface area contributed by atoms with E-state index in [1.165, 1.54) is 0 Å². The van der Waals surface area contributed by atoms with Gasteiger partial charge in [-0.05, 0) is 48.2 Å². The van der Waals surface area contributed by atoms with Crippen LogP contribution in [0.5, 0.6) is 0 Å². The smallest absolute Gasteiger partial charge is 0.243 e. The van der Waals surface area contributed by atoms with Crippen LogP contribution in [0.25, 0.3) is 0 Å². The van der Waals surface area contributed by atoms with E-state index in [4.69, 9.17) is 11.6 Å². The first kappa shape index (κ1) is 26.3. The number of benzene rings is 3. The molecule has 1 aliphatic carbocycles. The minimum atomic E-state index is -0.596. The first-order valence-corrected chi connectivity index (χ1v) is 14.0. The van der Waals surface area contributed by atoms with Crippen molar-refractivity contribution < 1.29 is 9.59 Å². The number of nitrogens with one attached hydrogen (secondary N) is 1. The summed E-state index contributed by atoms with van der Waals surface area (Å²) in [5.74, 6) is 0.551. The lowest BCUT2D eigenvalue weighted by Gasteiger charge is -2.32. The molecule has 1 N–H and O–H groups in total. The standard InChI is InChI=1S/C30H33ClN2O2S/c31-25-13-9-12-24(20-25)22-33(29(34)18-19-36-27-16-5-2-6-17-27)28(21-23-10-3-1-4-11-23)30(35)32-26-14-7-8-15-26/h1-6,9-13,16-17,20,26,28H,7-8,14-15,18-19,21-22H2,(H,32,35)/t28-/m1/s1. The molecule has 3 aromatic rings. The quantitative estimate of drug-likeness (QED) is 0.293. The van der Waals surface area contributed by atoms with Gasteiger partial charge in [0.1, 0.15) is 6.04 Å². The molecule has 0 heterocycles. The van der Waals surface area contributed by atoms with Gasteiger partial charge in [-0.3, -0.25) is 9.59 Å². The molecule has 2 amide bonds. The molecule has 1 saturated carbocycles. The maximum atomic E-state index is 13.7. The van der Waals surface area contributed by atoms with Crippen LogP contribution in [0.4, 0.5) is 0 Å². The predicted octanol–water partition coefficient (Wildman–Crippen LogP) is 6.52. The van der Waals surface area contributed by atoms with E-state index in [0.717, 1.165) is 41.7 Å². The van der Waals surface area contributed by atoms with Crippen LogP contribution < -0.4 is 5.32 Å². The Bertz CT molecular complexity index is 1120. The summed E-state index contributed by atoms with van der Waals surface area (Å²) in [5.41, 5.74) is 1.95. The van der Waals surface area contributed by atoms with E-state index in [9.17, 15) is 9.59 Å². The van der Waals surface area contributed by atoms with Gasteiger partial charge in [-0.15, -0.1) is 11.8 Å². The van der Waals surface area contributed by atoms with Crippen molar-refractivity contribution in [2.45, 2.75) is 62.0 Å². The SMILES string of the molecule is O=C(NC1CCCC1)[C@@H](Cc1ccccc1)N(Cc1cccc(Cl)c1)C(=O)CCSc1ccccc1. The summed E-state index contributed by atoms with van der Waals surface area (Å²) in [7, 11) is 0. The highest BCUT2D eigenvalue weighted by Gasteiger charge is 2.32. The minimum Gasteiger partial charge on any atom is -0.352 e. The van der Waals surface area contributed by atoms with Crippen LogP contribution in [0.2, 0.25) is 5.02 Å². The average Bonchev–Trinajstić information content (AvgIpc) is 3.40. The van der Waals surface area contributed by atoms with E-state index in [0.29, 0.717) is 30.2 Å². The second-order valence-corrected chi connectivity index (χ2v) is 10.9. The van der Waals surface area contributed by atoms with Crippen LogP contribution in [-0.4, -0.2) is 34.6 Å². The van der Waals surface area contributed by atoms with Gasteiger partial charge in [-0.1, -0.05) is 85.1 Å². The Morgan fingerprint density at radius 1 is 0.917 bits per heavy atom. The van der Waals surface area contributed by atoms with E-state index in [1.807, 2.05) is 84.9 Å². The van der Waals surface area contributed by atoms with E-state index in [-0.39, 0.29) is 17.9 Å². The van der Waals surface area contributed by atoms with Gasteiger partial charge in [0.05, 0.1) is 0 Å². The normalized spacial score (nSPS) is 14.4. The summed E-state index contributed by atoms with van der Waals surface area (Å²) >= 11 is 7.91. The second kappa shape index (κ2) is 13.5. The van der Waals surface area contributed by atoms with Gasteiger partial charge in [-0.2, -0.15) is 0 Å². The summed E-state index contributed by atoms with van der Waals surface area (Å²) in [6.45, 7) is 0.338. The van der Waals surface area contributed by atoms with Gasteiger partial charge in [0.2, 0.25) is 11.8 Å². The van der Waals surface area contributed by atoms with Gasteiger partial charge in [0, 0.05) is 41.1 Å². The van der Waals surface area contributed by atoms with Crippen molar-refractivity contribution in [2.75, 3.05) is 5.75 Å². The number of rotatable bonds is 11. The summed E-state index contributed by atoms with van der Waals surface area (Å²) in [5, 5.41) is 3.87. The van der Waals surface area contributed by atoms with E-state index in [1.54, 1.807) is 16.7 Å². The fourth-order valence-corrected chi connectivity index (χ4v) is 5.74. The van der Waals surface area contributed by atoms with Crippen molar-refractivity contribution >= 4 is 35.2 Å². The van der Waals surface area contributed by atoms with Crippen molar-refractivity contribution in [3.05, 3.63) is 101 Å². The molecule has 4 nitrogen and oxygen atoms in total. The Morgan fingerprint density at radius 3 is 2.28 bits per heavy atom. The molecule has 1 fully saturated rings. The lowest BCUT2D eigenvalue weighted by Crippen LogP contribution is -2.52. The second-order valence-electron chi connectivity index (χ2n) is 9.26. The van der Waals surface area contributed by atoms with Gasteiger partial charge in [-0.25, -0.2) is 0 Å². The van der Waals surface area contributed by atoms with Crippen LogP contribution in [0, 0.1) is 0 Å². The van der Waals surface area contributed by atoms with Crippen LogP contribution in [0.3, 0.4) is 0 Å². The molecule has 6 heteroatoms. The highest BCUT2D eigenvalue weighted by atomic mass is 35.5. The number of nitrogens with zero attached hydrogens (tertiary/aromatic N) is 1. The molecule has 3 aromatic carbocycles. The Hall–Kier alpha value is -2.76. The Kier molecular flexibility index (Phi) is 9.88. The highest BCUT2D eigenvalue weighted by molar-refractivity contribution is 7.99. The first-order chi connectivity index (χ1) is 17.6. The third kappa shape index (κ3) is 7.87. The molecular weight excluding hydrogens is 488 g/mol. The molecule has 188 valence electrons. The summed E-state index contributed by atoms with van der Waals surface area (Å²) in [4.78, 5) is 30.3. The molecular formula is C30H33ClN2O2S. The van der Waals surface area contributed by atoms with E-state index < -0.39 is 6.04 Å². The molecule has 4 rings (SSSR count). The summed E-state index contributed by atoms with van der Waals surface area (Å²) < 4.78 is 0. The number of thioether (sulfide) groups is 1. The maximum Gasteiger partial charge on any atom is 0.243 e. The molecule has 1 aliphatic rings. The molecule has 36 heavy (non-hydrogen) atoms. The molecule has 0 saturated heterocycles. The molecule has 0 bridgehead atoms. The minimum absolute atomic E-state index is 0.0269. The van der Waals surface area contributed by atoms with E-state index in [2.05, 4.69) is 5.32 Å². The third-order valence-electron chi connectivity index (χ3n) is 6.54. The Balaban J connectivity index is 1.56. The maximum absolute atomic E-state index is 13.7. The number of halogens is 1. The van der Waals surface area contributed by atoms with Crippen molar-refractivity contribution in [2.24, 2.45) is 0 Å². The number of amides is 2. The zero-order chi connectivity index (χ0) is 25.2. The number of hydrogen-bond acceptors (Lipinski definition) is 3. The predicted molar refractivity (Wildman–Crippen MR) is 148 cm³/mol. The molecule has 1 atom stereocenters. The van der Waals surface area contributed by atoms with Crippen molar-refractivity contribution in [3.63, 3.8) is 0 Å². The Morgan fingerprint density at radius 2 is 1.58 bits per heavy atom. The highest BCUT2D eigenvalue weighted by Crippen LogP contribution is 2.23. The van der Waals surface area contributed by atoms with Crippen LogP contribution in [-0.2, 0) is 22.6 Å². The molecule has 0 spiro atoms. The van der Waals surface area contributed by atoms with Crippen LogP contribution >= 0.6 is 23.4 Å². The first-order valence-electron chi connectivity index (χ1n) is 12.6. The number of carbonyl (C=O) groups excluding carboxylic acids is 2. The zero-order valence-electron chi connectivity index (χ0n) is 20.4. The molecule has 0 radical (unpaired) electrons.